The maximum absolute atomic E-state index is 12.9. The Kier molecular flexibility index (Phi) is 6.95. The van der Waals surface area contributed by atoms with Gasteiger partial charge in [0.05, 0.1) is 17.0 Å². The number of halogens is 1. The van der Waals surface area contributed by atoms with Gasteiger partial charge in [-0.3, -0.25) is 14.3 Å². The topological polar surface area (TPSA) is 92.3 Å². The zero-order valence-electron chi connectivity index (χ0n) is 18.8. The van der Waals surface area contributed by atoms with E-state index in [0.717, 1.165) is 11.8 Å². The number of ketones is 1. The van der Waals surface area contributed by atoms with Crippen LogP contribution in [0.1, 0.15) is 52.6 Å². The third-order valence-corrected chi connectivity index (χ3v) is 5.83. The molecule has 0 spiro atoms. The fourth-order valence-corrected chi connectivity index (χ4v) is 4.03. The number of nitrogens with one attached hydrogen (secondary N) is 2. The Morgan fingerprint density at radius 1 is 0.848 bits per heavy atom. The zero-order valence-corrected chi connectivity index (χ0v) is 20.3. The first-order chi connectivity index (χ1) is 15.3. The van der Waals surface area contributed by atoms with Gasteiger partial charge in [0.2, 0.25) is 10.0 Å². The highest BCUT2D eigenvalue weighted by atomic mass is 35.5. The fourth-order valence-electron chi connectivity index (χ4n) is 3.17. The minimum atomic E-state index is -3.49. The lowest BCUT2D eigenvalue weighted by atomic mass is 9.86. The summed E-state index contributed by atoms with van der Waals surface area (Å²) in [6.07, 6.45) is 1.01. The molecule has 3 rings (SSSR count). The molecule has 172 valence electrons. The molecule has 0 aliphatic carbocycles. The predicted molar refractivity (Wildman–Crippen MR) is 133 cm³/mol. The van der Waals surface area contributed by atoms with Gasteiger partial charge < -0.3 is 5.32 Å². The van der Waals surface area contributed by atoms with Crippen LogP contribution >= 0.6 is 11.6 Å². The summed E-state index contributed by atoms with van der Waals surface area (Å²) in [4.78, 5) is 25.6. The van der Waals surface area contributed by atoms with E-state index in [4.69, 9.17) is 11.6 Å². The number of amides is 1. The fraction of sp³-hybridized carbons (Fsp3) is 0.200. The third-order valence-electron chi connectivity index (χ3n) is 4.92. The number of benzene rings is 3. The molecule has 0 aromatic heterocycles. The number of carbonyl (C=O) groups is 2. The molecule has 1 amide bonds. The van der Waals surface area contributed by atoms with Crippen molar-refractivity contribution >= 4 is 44.7 Å². The van der Waals surface area contributed by atoms with Gasteiger partial charge >= 0.3 is 0 Å². The summed E-state index contributed by atoms with van der Waals surface area (Å²) < 4.78 is 25.1. The van der Waals surface area contributed by atoms with Gasteiger partial charge in [0.25, 0.3) is 5.91 Å². The van der Waals surface area contributed by atoms with Crippen LogP contribution in [0, 0.1) is 0 Å². The van der Waals surface area contributed by atoms with Crippen molar-refractivity contribution in [3.63, 3.8) is 0 Å². The molecule has 0 aliphatic heterocycles. The lowest BCUT2D eigenvalue weighted by Crippen LogP contribution is -2.14. The first kappa shape index (κ1) is 24.5. The van der Waals surface area contributed by atoms with E-state index in [9.17, 15) is 18.0 Å². The molecule has 0 saturated heterocycles. The van der Waals surface area contributed by atoms with Gasteiger partial charge in [-0.1, -0.05) is 68.8 Å². The SMILES string of the molecule is CC(C)(C)c1ccc(C(=O)c2cccc(NC(=O)c3ccc(NS(C)(=O)=O)c(Cl)c3)c2)cc1. The standard InChI is InChI=1S/C25H25ClN2O4S/c1-25(2,3)19-11-8-16(9-12-19)23(29)17-6-5-7-20(14-17)27-24(30)18-10-13-22(21(26)15-18)28-33(4,31)32/h5-15,28H,1-4H3,(H,27,30). The molecule has 0 aliphatic rings. The van der Waals surface area contributed by atoms with Crippen molar-refractivity contribution in [2.45, 2.75) is 26.2 Å². The van der Waals surface area contributed by atoms with E-state index in [1.54, 1.807) is 24.3 Å². The van der Waals surface area contributed by atoms with Gasteiger partial charge in [-0.15, -0.1) is 0 Å². The van der Waals surface area contributed by atoms with Crippen LogP contribution in [0.15, 0.2) is 66.7 Å². The quantitative estimate of drug-likeness (QED) is 0.452. The molecule has 0 saturated carbocycles. The van der Waals surface area contributed by atoms with Gasteiger partial charge in [0.15, 0.2) is 5.78 Å². The first-order valence-electron chi connectivity index (χ1n) is 10.2. The molecule has 8 heteroatoms. The highest BCUT2D eigenvalue weighted by Crippen LogP contribution is 2.25. The van der Waals surface area contributed by atoms with Crippen molar-refractivity contribution in [2.75, 3.05) is 16.3 Å². The van der Waals surface area contributed by atoms with Crippen LogP contribution in [0.5, 0.6) is 0 Å². The molecule has 33 heavy (non-hydrogen) atoms. The van der Waals surface area contributed by atoms with Crippen LogP contribution in [0.4, 0.5) is 11.4 Å². The Morgan fingerprint density at radius 2 is 1.48 bits per heavy atom. The Morgan fingerprint density at radius 3 is 2.06 bits per heavy atom. The van der Waals surface area contributed by atoms with Gasteiger partial charge in [-0.2, -0.15) is 0 Å². The predicted octanol–water partition coefficient (Wildman–Crippen LogP) is 5.49. The smallest absolute Gasteiger partial charge is 0.255 e. The van der Waals surface area contributed by atoms with E-state index in [0.29, 0.717) is 16.8 Å². The van der Waals surface area contributed by atoms with Gasteiger partial charge in [-0.25, -0.2) is 8.42 Å². The van der Waals surface area contributed by atoms with E-state index < -0.39 is 15.9 Å². The Balaban J connectivity index is 1.76. The van der Waals surface area contributed by atoms with Gasteiger partial charge in [0, 0.05) is 22.4 Å². The monoisotopic (exact) mass is 484 g/mol. The Labute approximate surface area is 199 Å². The second-order valence-corrected chi connectivity index (χ2v) is 10.9. The van der Waals surface area contributed by atoms with Crippen LogP contribution in [-0.4, -0.2) is 26.4 Å². The summed E-state index contributed by atoms with van der Waals surface area (Å²) in [7, 11) is -3.49. The maximum Gasteiger partial charge on any atom is 0.255 e. The summed E-state index contributed by atoms with van der Waals surface area (Å²) in [6, 6.07) is 18.4. The summed E-state index contributed by atoms with van der Waals surface area (Å²) >= 11 is 6.10. The molecule has 0 fully saturated rings. The van der Waals surface area contributed by atoms with Crippen LogP contribution in [0.3, 0.4) is 0 Å². The van der Waals surface area contributed by atoms with E-state index in [-0.39, 0.29) is 27.5 Å². The molecule has 0 bridgehead atoms. The average molecular weight is 485 g/mol. The summed E-state index contributed by atoms with van der Waals surface area (Å²) in [5.74, 6) is -0.590. The second-order valence-electron chi connectivity index (χ2n) is 8.76. The summed E-state index contributed by atoms with van der Waals surface area (Å²) in [6.45, 7) is 6.33. The molecule has 0 heterocycles. The molecular weight excluding hydrogens is 460 g/mol. The minimum absolute atomic E-state index is 0.00622. The van der Waals surface area contributed by atoms with Gasteiger partial charge in [0.1, 0.15) is 0 Å². The highest BCUT2D eigenvalue weighted by Gasteiger charge is 2.16. The molecule has 6 nitrogen and oxygen atoms in total. The summed E-state index contributed by atoms with van der Waals surface area (Å²) in [5.41, 5.74) is 3.01. The Hall–Kier alpha value is -3.16. The maximum atomic E-state index is 12.9. The van der Waals surface area contributed by atoms with Crippen molar-refractivity contribution < 1.29 is 18.0 Å². The average Bonchev–Trinajstić information content (AvgIpc) is 2.73. The molecular formula is C25H25ClN2O4S. The van der Waals surface area contributed by atoms with E-state index in [1.165, 1.54) is 18.2 Å². The Bertz CT molecular complexity index is 1310. The number of hydrogen-bond acceptors (Lipinski definition) is 4. The van der Waals surface area contributed by atoms with E-state index in [1.807, 2.05) is 24.3 Å². The molecule has 0 atom stereocenters. The molecule has 3 aromatic carbocycles. The van der Waals surface area contributed by atoms with E-state index in [2.05, 4.69) is 30.8 Å². The number of rotatable bonds is 6. The lowest BCUT2D eigenvalue weighted by molar-refractivity contribution is 0.102. The summed E-state index contributed by atoms with van der Waals surface area (Å²) in [5, 5.41) is 2.83. The van der Waals surface area contributed by atoms with Crippen LogP contribution in [-0.2, 0) is 15.4 Å². The van der Waals surface area contributed by atoms with E-state index >= 15 is 0 Å². The normalized spacial score (nSPS) is 11.7. The highest BCUT2D eigenvalue weighted by molar-refractivity contribution is 7.92. The van der Waals surface area contributed by atoms with Crippen molar-refractivity contribution in [3.05, 3.63) is 94.0 Å². The lowest BCUT2D eigenvalue weighted by Gasteiger charge is -2.19. The first-order valence-corrected chi connectivity index (χ1v) is 12.4. The van der Waals surface area contributed by atoms with Crippen LogP contribution in [0.25, 0.3) is 0 Å². The minimum Gasteiger partial charge on any atom is -0.322 e. The number of anilines is 2. The third kappa shape index (κ3) is 6.43. The van der Waals surface area contributed by atoms with Crippen LogP contribution < -0.4 is 10.0 Å². The molecule has 3 aromatic rings. The number of carbonyl (C=O) groups excluding carboxylic acids is 2. The second kappa shape index (κ2) is 9.37. The van der Waals surface area contributed by atoms with Crippen molar-refractivity contribution in [2.24, 2.45) is 0 Å². The zero-order chi connectivity index (χ0) is 24.4. The molecule has 0 radical (unpaired) electrons. The largest absolute Gasteiger partial charge is 0.322 e. The van der Waals surface area contributed by atoms with Crippen LogP contribution in [0.2, 0.25) is 5.02 Å². The van der Waals surface area contributed by atoms with Crippen molar-refractivity contribution in [3.8, 4) is 0 Å². The molecule has 0 unspecified atom stereocenters. The molecule has 2 N–H and O–H groups in total. The van der Waals surface area contributed by atoms with Crippen molar-refractivity contribution in [1.29, 1.82) is 0 Å². The number of hydrogen-bond donors (Lipinski definition) is 2. The van der Waals surface area contributed by atoms with Crippen molar-refractivity contribution in [1.82, 2.24) is 0 Å². The van der Waals surface area contributed by atoms with Gasteiger partial charge in [-0.05, 0) is 41.3 Å². The number of sulfonamides is 1.